The molecule has 33 heavy (non-hydrogen) atoms. The van der Waals surface area contributed by atoms with Crippen LogP contribution < -0.4 is 4.80 Å². The average molecular weight is 459 g/mol. The van der Waals surface area contributed by atoms with Gasteiger partial charge < -0.3 is 9.30 Å². The minimum Gasteiger partial charge on any atom is -0.456 e. The number of hydrogen-bond acceptors (Lipinski definition) is 4. The van der Waals surface area contributed by atoms with Crippen molar-refractivity contribution in [2.24, 2.45) is 4.99 Å². The van der Waals surface area contributed by atoms with Crippen molar-refractivity contribution in [1.29, 1.82) is 0 Å². The summed E-state index contributed by atoms with van der Waals surface area (Å²) in [6, 6.07) is 21.1. The van der Waals surface area contributed by atoms with E-state index in [-0.39, 0.29) is 11.1 Å². The Hall–Kier alpha value is -3.51. The Morgan fingerprint density at radius 3 is 2.36 bits per heavy atom. The van der Waals surface area contributed by atoms with Crippen molar-refractivity contribution in [1.82, 2.24) is 4.57 Å². The second kappa shape index (κ2) is 9.16. The molecule has 0 saturated heterocycles. The van der Waals surface area contributed by atoms with Crippen LogP contribution in [0.2, 0.25) is 0 Å². The molecule has 4 aromatic rings. The number of fused-ring (bicyclic) bond motifs is 1. The van der Waals surface area contributed by atoms with Gasteiger partial charge in [0.05, 0.1) is 17.7 Å². The molecule has 0 radical (unpaired) electrons. The Morgan fingerprint density at radius 1 is 0.939 bits per heavy atom. The van der Waals surface area contributed by atoms with E-state index in [1.54, 1.807) is 45.0 Å². The normalized spacial score (nSPS) is 12.2. The molecule has 0 spiro atoms. The number of carbonyl (C=O) groups is 2. The van der Waals surface area contributed by atoms with Crippen LogP contribution in [0.25, 0.3) is 10.8 Å². The fraction of sp³-hybridized carbons (Fsp3) is 0.222. The Kier molecular flexibility index (Phi) is 6.29. The largest absolute Gasteiger partial charge is 0.456 e. The Balaban J connectivity index is 1.71. The maximum Gasteiger partial charge on any atom is 0.339 e. The van der Waals surface area contributed by atoms with Gasteiger partial charge in [-0.25, -0.2) is 4.79 Å². The molecule has 0 N–H and O–H groups in total. The standard InChI is InChI=1S/C27H26N2O3S/c1-18-16-29(17-20-12-9-11-19-10-5-6-13-21(19)20)26(33-18)28-24(30)22-14-7-8-15-23(22)25(31)32-27(2,3)4/h5-16H,17H2,1-4H3. The number of ether oxygens (including phenoxy) is 1. The summed E-state index contributed by atoms with van der Waals surface area (Å²) in [6.45, 7) is 7.97. The number of esters is 1. The van der Waals surface area contributed by atoms with Crippen LogP contribution >= 0.6 is 11.3 Å². The first-order chi connectivity index (χ1) is 15.7. The van der Waals surface area contributed by atoms with Gasteiger partial charge in [0.2, 0.25) is 0 Å². The molecule has 1 amide bonds. The number of hydrogen-bond donors (Lipinski definition) is 0. The molecule has 0 aliphatic heterocycles. The Morgan fingerprint density at radius 2 is 1.61 bits per heavy atom. The highest BCUT2D eigenvalue weighted by molar-refractivity contribution is 7.09. The number of amides is 1. The zero-order chi connectivity index (χ0) is 23.6. The van der Waals surface area contributed by atoms with Crippen LogP contribution in [0.5, 0.6) is 0 Å². The Labute approximate surface area is 197 Å². The maximum absolute atomic E-state index is 13.2. The summed E-state index contributed by atoms with van der Waals surface area (Å²) >= 11 is 1.45. The third-order valence-electron chi connectivity index (χ3n) is 5.03. The third kappa shape index (κ3) is 5.29. The zero-order valence-electron chi connectivity index (χ0n) is 19.2. The molecule has 0 bridgehead atoms. The number of rotatable bonds is 4. The van der Waals surface area contributed by atoms with Gasteiger partial charge in [-0.05, 0) is 56.2 Å². The summed E-state index contributed by atoms with van der Waals surface area (Å²) in [7, 11) is 0. The van der Waals surface area contributed by atoms with Crippen LogP contribution in [0.4, 0.5) is 0 Å². The molecule has 0 unspecified atom stereocenters. The summed E-state index contributed by atoms with van der Waals surface area (Å²) in [5.74, 6) is -1.00. The minimum absolute atomic E-state index is 0.218. The van der Waals surface area contributed by atoms with Crippen molar-refractivity contribution in [3.8, 4) is 0 Å². The predicted octanol–water partition coefficient (Wildman–Crippen LogP) is 5.76. The molecule has 0 fully saturated rings. The van der Waals surface area contributed by atoms with E-state index in [2.05, 4.69) is 29.3 Å². The molecule has 0 aliphatic carbocycles. The predicted molar refractivity (Wildman–Crippen MR) is 132 cm³/mol. The summed E-state index contributed by atoms with van der Waals surface area (Å²) in [4.78, 5) is 31.8. The van der Waals surface area contributed by atoms with Gasteiger partial charge in [-0.1, -0.05) is 54.6 Å². The van der Waals surface area contributed by atoms with Crippen LogP contribution in [0, 0.1) is 6.92 Å². The second-order valence-electron chi connectivity index (χ2n) is 8.85. The maximum atomic E-state index is 13.2. The quantitative estimate of drug-likeness (QED) is 0.366. The molecule has 0 atom stereocenters. The van der Waals surface area contributed by atoms with Gasteiger partial charge >= 0.3 is 5.97 Å². The first kappa shape index (κ1) is 22.7. The highest BCUT2D eigenvalue weighted by Gasteiger charge is 2.22. The molecule has 6 heteroatoms. The zero-order valence-corrected chi connectivity index (χ0v) is 20.0. The van der Waals surface area contributed by atoms with Gasteiger partial charge in [0.15, 0.2) is 4.80 Å². The third-order valence-corrected chi connectivity index (χ3v) is 5.97. The van der Waals surface area contributed by atoms with E-state index >= 15 is 0 Å². The lowest BCUT2D eigenvalue weighted by Crippen LogP contribution is -2.25. The number of benzene rings is 3. The fourth-order valence-corrected chi connectivity index (χ4v) is 4.48. The molecule has 0 saturated carbocycles. The first-order valence-corrected chi connectivity index (χ1v) is 11.6. The van der Waals surface area contributed by atoms with E-state index in [1.807, 2.05) is 35.9 Å². The van der Waals surface area contributed by atoms with Gasteiger partial charge in [-0.2, -0.15) is 4.99 Å². The molecule has 3 aromatic carbocycles. The molecule has 1 aromatic heterocycles. The highest BCUT2D eigenvalue weighted by Crippen LogP contribution is 2.20. The molecular formula is C27H26N2O3S. The molecule has 4 rings (SSSR count). The smallest absolute Gasteiger partial charge is 0.339 e. The van der Waals surface area contributed by atoms with Crippen LogP contribution in [-0.4, -0.2) is 22.0 Å². The SMILES string of the molecule is Cc1cn(Cc2cccc3ccccc23)c(=NC(=O)c2ccccc2C(=O)OC(C)(C)C)s1. The van der Waals surface area contributed by atoms with Crippen LogP contribution in [0.15, 0.2) is 77.9 Å². The number of aryl methyl sites for hydroxylation is 1. The summed E-state index contributed by atoms with van der Waals surface area (Å²) < 4.78 is 7.46. The summed E-state index contributed by atoms with van der Waals surface area (Å²) in [5, 5.41) is 2.34. The van der Waals surface area contributed by atoms with E-state index in [9.17, 15) is 9.59 Å². The van der Waals surface area contributed by atoms with Crippen LogP contribution in [0.1, 0.15) is 51.9 Å². The molecular weight excluding hydrogens is 432 g/mol. The van der Waals surface area contributed by atoms with Crippen molar-refractivity contribution in [3.05, 3.63) is 99.3 Å². The summed E-state index contributed by atoms with van der Waals surface area (Å²) in [6.07, 6.45) is 2.00. The topological polar surface area (TPSA) is 60.7 Å². The van der Waals surface area contributed by atoms with Crippen molar-refractivity contribution >= 4 is 34.0 Å². The van der Waals surface area contributed by atoms with E-state index in [0.717, 1.165) is 10.4 Å². The minimum atomic E-state index is -0.656. The lowest BCUT2D eigenvalue weighted by atomic mass is 10.0. The Bertz CT molecular complexity index is 1400. The van der Waals surface area contributed by atoms with Gasteiger partial charge in [0, 0.05) is 11.1 Å². The van der Waals surface area contributed by atoms with E-state index < -0.39 is 17.5 Å². The number of nitrogens with zero attached hydrogens (tertiary/aromatic N) is 2. The van der Waals surface area contributed by atoms with Gasteiger partial charge in [0.25, 0.3) is 5.91 Å². The van der Waals surface area contributed by atoms with Crippen molar-refractivity contribution in [2.45, 2.75) is 39.8 Å². The van der Waals surface area contributed by atoms with Crippen molar-refractivity contribution < 1.29 is 14.3 Å². The van der Waals surface area contributed by atoms with Crippen LogP contribution in [-0.2, 0) is 11.3 Å². The van der Waals surface area contributed by atoms with E-state index in [4.69, 9.17) is 4.74 Å². The molecule has 5 nitrogen and oxygen atoms in total. The lowest BCUT2D eigenvalue weighted by Gasteiger charge is -2.20. The molecule has 0 aliphatic rings. The number of carbonyl (C=O) groups excluding carboxylic acids is 2. The van der Waals surface area contributed by atoms with Gasteiger partial charge in [-0.15, -0.1) is 11.3 Å². The van der Waals surface area contributed by atoms with Crippen molar-refractivity contribution in [2.75, 3.05) is 0 Å². The second-order valence-corrected chi connectivity index (χ2v) is 10.1. The van der Waals surface area contributed by atoms with E-state index in [1.165, 1.54) is 22.1 Å². The number of thiazole rings is 1. The van der Waals surface area contributed by atoms with Gasteiger partial charge in [0.1, 0.15) is 5.60 Å². The lowest BCUT2D eigenvalue weighted by molar-refractivity contribution is 0.00677. The molecule has 1 heterocycles. The van der Waals surface area contributed by atoms with Crippen molar-refractivity contribution in [3.63, 3.8) is 0 Å². The van der Waals surface area contributed by atoms with Crippen LogP contribution in [0.3, 0.4) is 0 Å². The summed E-state index contributed by atoms with van der Waals surface area (Å²) in [5.41, 5.74) is 0.940. The first-order valence-electron chi connectivity index (χ1n) is 10.8. The fourth-order valence-electron chi connectivity index (χ4n) is 3.65. The molecule has 168 valence electrons. The van der Waals surface area contributed by atoms with Gasteiger partial charge in [-0.3, -0.25) is 4.79 Å². The number of aromatic nitrogens is 1. The van der Waals surface area contributed by atoms with E-state index in [0.29, 0.717) is 11.3 Å². The monoisotopic (exact) mass is 458 g/mol. The average Bonchev–Trinajstić information content (AvgIpc) is 3.11. The highest BCUT2D eigenvalue weighted by atomic mass is 32.1.